The van der Waals surface area contributed by atoms with E-state index in [0.29, 0.717) is 5.56 Å². The molecule has 0 radical (unpaired) electrons. The number of rotatable bonds is 4. The second-order valence-electron chi connectivity index (χ2n) is 4.29. The van der Waals surface area contributed by atoms with Crippen LogP contribution in [0.15, 0.2) is 48.5 Å². The Morgan fingerprint density at radius 2 is 1.63 bits per heavy atom. The van der Waals surface area contributed by atoms with Crippen LogP contribution in [0.4, 0.5) is 0 Å². The number of methoxy groups -OCH3 is 1. The van der Waals surface area contributed by atoms with Gasteiger partial charge in [-0.3, -0.25) is 0 Å². The molecule has 98 valence electrons. The van der Waals surface area contributed by atoms with Crippen LogP contribution in [0.2, 0.25) is 0 Å². The van der Waals surface area contributed by atoms with Crippen molar-refractivity contribution in [2.75, 3.05) is 7.11 Å². The van der Waals surface area contributed by atoms with Gasteiger partial charge in [0.05, 0.1) is 12.7 Å². The Kier molecular flexibility index (Phi) is 4.18. The van der Waals surface area contributed by atoms with Crippen molar-refractivity contribution >= 4 is 5.97 Å². The van der Waals surface area contributed by atoms with Crippen molar-refractivity contribution in [3.05, 3.63) is 65.2 Å². The minimum absolute atomic E-state index is 0.261. The third kappa shape index (κ3) is 3.58. The van der Waals surface area contributed by atoms with E-state index in [1.165, 1.54) is 0 Å². The fraction of sp³-hybridized carbons (Fsp3) is 0.188. The van der Waals surface area contributed by atoms with Crippen LogP contribution in [-0.2, 0) is 11.3 Å². The van der Waals surface area contributed by atoms with Crippen LogP contribution < -0.4 is 4.74 Å². The van der Waals surface area contributed by atoms with Gasteiger partial charge in [-0.15, -0.1) is 0 Å². The molecule has 0 aliphatic rings. The Balaban J connectivity index is 1.94. The van der Waals surface area contributed by atoms with E-state index in [1.807, 2.05) is 43.3 Å². The largest absolute Gasteiger partial charge is 0.497 e. The molecule has 19 heavy (non-hydrogen) atoms. The maximum atomic E-state index is 11.8. The lowest BCUT2D eigenvalue weighted by Gasteiger charge is -2.06. The first-order valence-corrected chi connectivity index (χ1v) is 6.06. The first-order valence-electron chi connectivity index (χ1n) is 6.06. The van der Waals surface area contributed by atoms with Gasteiger partial charge in [0.1, 0.15) is 12.4 Å². The molecule has 3 heteroatoms. The first-order chi connectivity index (χ1) is 9.19. The molecular formula is C16H16O3. The number of carbonyl (C=O) groups is 1. The monoisotopic (exact) mass is 256 g/mol. The van der Waals surface area contributed by atoms with E-state index >= 15 is 0 Å². The molecule has 0 aromatic heterocycles. The highest BCUT2D eigenvalue weighted by Crippen LogP contribution is 2.13. The van der Waals surface area contributed by atoms with Crippen molar-refractivity contribution in [2.24, 2.45) is 0 Å². The number of esters is 1. The average molecular weight is 256 g/mol. The summed E-state index contributed by atoms with van der Waals surface area (Å²) in [6.07, 6.45) is 0. The van der Waals surface area contributed by atoms with Crippen LogP contribution in [0.5, 0.6) is 5.75 Å². The smallest absolute Gasteiger partial charge is 0.338 e. The predicted octanol–water partition coefficient (Wildman–Crippen LogP) is 3.36. The molecule has 0 bridgehead atoms. The average Bonchev–Trinajstić information content (AvgIpc) is 2.46. The minimum atomic E-state index is -0.309. The molecule has 0 N–H and O–H groups in total. The van der Waals surface area contributed by atoms with Gasteiger partial charge >= 0.3 is 5.97 Å². The van der Waals surface area contributed by atoms with Gasteiger partial charge in [-0.2, -0.15) is 0 Å². The number of aryl methyl sites for hydroxylation is 1. The predicted molar refractivity (Wildman–Crippen MR) is 73.3 cm³/mol. The molecule has 0 fully saturated rings. The summed E-state index contributed by atoms with van der Waals surface area (Å²) in [4.78, 5) is 11.8. The lowest BCUT2D eigenvalue weighted by atomic mass is 10.1. The molecule has 0 amide bonds. The lowest BCUT2D eigenvalue weighted by molar-refractivity contribution is 0.0472. The topological polar surface area (TPSA) is 35.5 Å². The number of carbonyl (C=O) groups excluding carboxylic acids is 1. The van der Waals surface area contributed by atoms with Crippen molar-refractivity contribution in [3.63, 3.8) is 0 Å². The second kappa shape index (κ2) is 6.05. The molecule has 0 heterocycles. The summed E-state index contributed by atoms with van der Waals surface area (Å²) in [7, 11) is 1.62. The van der Waals surface area contributed by atoms with Gasteiger partial charge in [0, 0.05) is 0 Å². The van der Waals surface area contributed by atoms with Gasteiger partial charge in [-0.25, -0.2) is 4.79 Å². The van der Waals surface area contributed by atoms with E-state index in [4.69, 9.17) is 9.47 Å². The van der Waals surface area contributed by atoms with Gasteiger partial charge in [-0.05, 0) is 36.8 Å². The fourth-order valence-electron chi connectivity index (χ4n) is 1.64. The van der Waals surface area contributed by atoms with Crippen molar-refractivity contribution in [3.8, 4) is 5.75 Å². The molecule has 0 saturated heterocycles. The highest BCUT2D eigenvalue weighted by Gasteiger charge is 2.06. The highest BCUT2D eigenvalue weighted by atomic mass is 16.5. The van der Waals surface area contributed by atoms with Crippen molar-refractivity contribution in [1.29, 1.82) is 0 Å². The highest BCUT2D eigenvalue weighted by molar-refractivity contribution is 5.89. The van der Waals surface area contributed by atoms with Crippen molar-refractivity contribution in [2.45, 2.75) is 13.5 Å². The number of ether oxygens (including phenoxy) is 2. The molecule has 0 unspecified atom stereocenters. The Labute approximate surface area is 112 Å². The summed E-state index contributed by atoms with van der Waals surface area (Å²) in [5.41, 5.74) is 2.62. The maximum absolute atomic E-state index is 11.8. The van der Waals surface area contributed by atoms with E-state index in [2.05, 4.69) is 0 Å². The van der Waals surface area contributed by atoms with Crippen molar-refractivity contribution in [1.82, 2.24) is 0 Å². The summed E-state index contributed by atoms with van der Waals surface area (Å²) in [5.74, 6) is 0.476. The van der Waals surface area contributed by atoms with Gasteiger partial charge in [0.25, 0.3) is 0 Å². The van der Waals surface area contributed by atoms with Gasteiger partial charge in [0.2, 0.25) is 0 Å². The third-order valence-corrected chi connectivity index (χ3v) is 2.82. The Morgan fingerprint density at radius 1 is 1.00 bits per heavy atom. The van der Waals surface area contributed by atoms with Crippen LogP contribution in [0, 0.1) is 6.92 Å². The van der Waals surface area contributed by atoms with E-state index in [0.717, 1.165) is 16.9 Å². The second-order valence-corrected chi connectivity index (χ2v) is 4.29. The number of hydrogen-bond donors (Lipinski definition) is 0. The number of hydrogen-bond acceptors (Lipinski definition) is 3. The van der Waals surface area contributed by atoms with Gasteiger partial charge < -0.3 is 9.47 Å². The number of benzene rings is 2. The van der Waals surface area contributed by atoms with E-state index in [9.17, 15) is 4.79 Å². The fourth-order valence-corrected chi connectivity index (χ4v) is 1.64. The summed E-state index contributed by atoms with van der Waals surface area (Å²) in [5, 5.41) is 0. The molecule has 0 atom stereocenters. The van der Waals surface area contributed by atoms with E-state index in [-0.39, 0.29) is 12.6 Å². The third-order valence-electron chi connectivity index (χ3n) is 2.82. The molecule has 2 aromatic carbocycles. The zero-order valence-corrected chi connectivity index (χ0v) is 11.1. The lowest BCUT2D eigenvalue weighted by Crippen LogP contribution is -2.05. The SMILES string of the molecule is COc1ccc(COC(=O)c2ccc(C)cc2)cc1. The maximum Gasteiger partial charge on any atom is 0.338 e. The summed E-state index contributed by atoms with van der Waals surface area (Å²) >= 11 is 0. The standard InChI is InChI=1S/C16H16O3/c1-12-3-7-14(8-4-12)16(17)19-11-13-5-9-15(18-2)10-6-13/h3-10H,11H2,1-2H3. The molecular weight excluding hydrogens is 240 g/mol. The Morgan fingerprint density at radius 3 is 2.21 bits per heavy atom. The van der Waals surface area contributed by atoms with Crippen molar-refractivity contribution < 1.29 is 14.3 Å². The van der Waals surface area contributed by atoms with E-state index < -0.39 is 0 Å². The summed E-state index contributed by atoms with van der Waals surface area (Å²) in [6, 6.07) is 14.8. The molecule has 2 aromatic rings. The molecule has 0 aliphatic heterocycles. The van der Waals surface area contributed by atoms with Gasteiger partial charge in [0.15, 0.2) is 0 Å². The quantitative estimate of drug-likeness (QED) is 0.787. The normalized spacial score (nSPS) is 10.0. The molecule has 2 rings (SSSR count). The van der Waals surface area contributed by atoms with Crippen LogP contribution in [0.1, 0.15) is 21.5 Å². The Bertz CT molecular complexity index is 541. The molecule has 0 spiro atoms. The Hall–Kier alpha value is -2.29. The van der Waals surface area contributed by atoms with Crippen LogP contribution in [0.25, 0.3) is 0 Å². The molecule has 0 aliphatic carbocycles. The minimum Gasteiger partial charge on any atom is -0.497 e. The summed E-state index contributed by atoms with van der Waals surface area (Å²) < 4.78 is 10.3. The zero-order chi connectivity index (χ0) is 13.7. The van der Waals surface area contributed by atoms with Crippen LogP contribution in [-0.4, -0.2) is 13.1 Å². The van der Waals surface area contributed by atoms with Crippen LogP contribution in [0.3, 0.4) is 0 Å². The van der Waals surface area contributed by atoms with E-state index in [1.54, 1.807) is 19.2 Å². The van der Waals surface area contributed by atoms with Crippen LogP contribution >= 0.6 is 0 Å². The molecule has 0 saturated carbocycles. The van der Waals surface area contributed by atoms with Gasteiger partial charge in [-0.1, -0.05) is 29.8 Å². The first kappa shape index (κ1) is 13.1. The zero-order valence-electron chi connectivity index (χ0n) is 11.1. The molecule has 3 nitrogen and oxygen atoms in total. The summed E-state index contributed by atoms with van der Waals surface area (Å²) in [6.45, 7) is 2.24.